The minimum absolute atomic E-state index is 0.161. The topological polar surface area (TPSA) is 97.0 Å². The normalized spacial score (nSPS) is 18.9. The van der Waals surface area contributed by atoms with Crippen LogP contribution in [0.25, 0.3) is 0 Å². The van der Waals surface area contributed by atoms with E-state index in [1.54, 1.807) is 24.3 Å². The van der Waals surface area contributed by atoms with Crippen LogP contribution in [0.5, 0.6) is 5.75 Å². The number of hydrogen-bond acceptors (Lipinski definition) is 5. The van der Waals surface area contributed by atoms with E-state index in [0.717, 1.165) is 0 Å². The van der Waals surface area contributed by atoms with E-state index in [9.17, 15) is 14.4 Å². The Balaban J connectivity index is 2.07. The van der Waals surface area contributed by atoms with E-state index in [4.69, 9.17) is 9.47 Å². The van der Waals surface area contributed by atoms with Crippen molar-refractivity contribution in [2.45, 2.75) is 31.8 Å². The highest BCUT2D eigenvalue weighted by atomic mass is 16.5. The maximum atomic E-state index is 12.5. The predicted molar refractivity (Wildman–Crippen MR) is 99.5 cm³/mol. The Hall–Kier alpha value is -2.61. The van der Waals surface area contributed by atoms with Gasteiger partial charge < -0.3 is 25.0 Å². The molecule has 3 amide bonds. The molecule has 0 aromatic heterocycles. The summed E-state index contributed by atoms with van der Waals surface area (Å²) in [5.41, 5.74) is 0.466. The first-order valence-corrected chi connectivity index (χ1v) is 9.01. The van der Waals surface area contributed by atoms with Gasteiger partial charge in [0.2, 0.25) is 11.8 Å². The molecule has 1 aromatic carbocycles. The summed E-state index contributed by atoms with van der Waals surface area (Å²) in [5.74, 6) is -0.0435. The second-order valence-electron chi connectivity index (χ2n) is 6.34. The van der Waals surface area contributed by atoms with Crippen molar-refractivity contribution in [3.8, 4) is 5.75 Å². The van der Waals surface area contributed by atoms with Gasteiger partial charge in [-0.3, -0.25) is 14.4 Å². The molecular weight excluding hydrogens is 350 g/mol. The van der Waals surface area contributed by atoms with E-state index in [1.807, 2.05) is 6.92 Å². The van der Waals surface area contributed by atoms with Crippen molar-refractivity contribution in [2.24, 2.45) is 0 Å². The monoisotopic (exact) mass is 377 g/mol. The number of nitrogens with one attached hydrogen (secondary N) is 2. The molecular formula is C19H27N3O5. The first kappa shape index (κ1) is 20.7. The van der Waals surface area contributed by atoms with Crippen molar-refractivity contribution >= 4 is 17.7 Å². The molecule has 1 aliphatic heterocycles. The number of benzene rings is 1. The maximum Gasteiger partial charge on any atom is 0.251 e. The predicted octanol–water partition coefficient (Wildman–Crippen LogP) is 0.567. The van der Waals surface area contributed by atoms with Crippen LogP contribution < -0.4 is 15.4 Å². The Labute approximate surface area is 159 Å². The standard InChI is InChI=1S/C19H27N3O5/c1-4-20-19(25)16-11-14(12-22(16)17(23)8-9-26-2)21-18(24)13-6-5-7-15(10-13)27-3/h5-7,10,14,16H,4,8-9,11-12H2,1-3H3,(H,20,25)(H,21,24)/t14-,16-/m0/s1. The van der Waals surface area contributed by atoms with Crippen molar-refractivity contribution in [1.82, 2.24) is 15.5 Å². The summed E-state index contributed by atoms with van der Waals surface area (Å²) in [7, 11) is 3.06. The molecule has 1 fully saturated rings. The minimum atomic E-state index is -0.593. The number of hydrogen-bond donors (Lipinski definition) is 2. The molecule has 2 rings (SSSR count). The molecule has 27 heavy (non-hydrogen) atoms. The Bertz CT molecular complexity index is 679. The quantitative estimate of drug-likeness (QED) is 0.690. The lowest BCUT2D eigenvalue weighted by atomic mass is 10.1. The first-order chi connectivity index (χ1) is 13.0. The van der Waals surface area contributed by atoms with Gasteiger partial charge in [-0.05, 0) is 31.5 Å². The lowest BCUT2D eigenvalue weighted by Crippen LogP contribution is -2.46. The van der Waals surface area contributed by atoms with E-state index >= 15 is 0 Å². The van der Waals surface area contributed by atoms with Gasteiger partial charge in [0.05, 0.1) is 20.1 Å². The average Bonchev–Trinajstić information content (AvgIpc) is 3.10. The van der Waals surface area contributed by atoms with Crippen LogP contribution in [0.2, 0.25) is 0 Å². The lowest BCUT2D eigenvalue weighted by molar-refractivity contribution is -0.139. The Kier molecular flexibility index (Phi) is 7.60. The second-order valence-corrected chi connectivity index (χ2v) is 6.34. The van der Waals surface area contributed by atoms with Crippen molar-refractivity contribution in [2.75, 3.05) is 33.9 Å². The van der Waals surface area contributed by atoms with E-state index in [-0.39, 0.29) is 36.8 Å². The SMILES string of the molecule is CCNC(=O)[C@@H]1C[C@H](NC(=O)c2cccc(OC)c2)CN1C(=O)CCOC. The number of rotatable bonds is 8. The van der Waals surface area contributed by atoms with E-state index in [1.165, 1.54) is 19.1 Å². The zero-order valence-corrected chi connectivity index (χ0v) is 16.0. The van der Waals surface area contributed by atoms with Gasteiger partial charge >= 0.3 is 0 Å². The van der Waals surface area contributed by atoms with Crippen LogP contribution >= 0.6 is 0 Å². The molecule has 0 aliphatic carbocycles. The van der Waals surface area contributed by atoms with Crippen LogP contribution in [0.4, 0.5) is 0 Å². The number of carbonyl (C=O) groups is 3. The summed E-state index contributed by atoms with van der Waals surface area (Å²) in [6, 6.07) is 5.93. The molecule has 2 N–H and O–H groups in total. The number of carbonyl (C=O) groups excluding carboxylic acids is 3. The molecule has 1 aliphatic rings. The van der Waals surface area contributed by atoms with Crippen LogP contribution in [0.1, 0.15) is 30.1 Å². The lowest BCUT2D eigenvalue weighted by Gasteiger charge is -2.23. The van der Waals surface area contributed by atoms with Gasteiger partial charge in [-0.15, -0.1) is 0 Å². The van der Waals surface area contributed by atoms with E-state index in [2.05, 4.69) is 10.6 Å². The largest absolute Gasteiger partial charge is 0.497 e. The Morgan fingerprint density at radius 1 is 1.26 bits per heavy atom. The van der Waals surface area contributed by atoms with Crippen molar-refractivity contribution in [3.63, 3.8) is 0 Å². The fourth-order valence-electron chi connectivity index (χ4n) is 3.12. The fourth-order valence-corrected chi connectivity index (χ4v) is 3.12. The summed E-state index contributed by atoms with van der Waals surface area (Å²) in [5, 5.41) is 5.67. The second kappa shape index (κ2) is 9.91. The number of nitrogens with zero attached hydrogens (tertiary/aromatic N) is 1. The molecule has 0 radical (unpaired) electrons. The third-order valence-corrected chi connectivity index (χ3v) is 4.46. The van der Waals surface area contributed by atoms with E-state index in [0.29, 0.717) is 30.8 Å². The molecule has 1 saturated heterocycles. The molecule has 8 heteroatoms. The highest BCUT2D eigenvalue weighted by Gasteiger charge is 2.39. The smallest absolute Gasteiger partial charge is 0.251 e. The van der Waals surface area contributed by atoms with Crippen molar-refractivity contribution < 1.29 is 23.9 Å². The third kappa shape index (κ3) is 5.43. The van der Waals surface area contributed by atoms with Crippen LogP contribution in [-0.2, 0) is 14.3 Å². The van der Waals surface area contributed by atoms with E-state index < -0.39 is 6.04 Å². The molecule has 0 spiro atoms. The van der Waals surface area contributed by atoms with Gasteiger partial charge in [0.25, 0.3) is 5.91 Å². The molecule has 0 unspecified atom stereocenters. The van der Waals surface area contributed by atoms with Crippen LogP contribution in [-0.4, -0.2) is 68.6 Å². The van der Waals surface area contributed by atoms with Gasteiger partial charge in [-0.25, -0.2) is 0 Å². The summed E-state index contributed by atoms with van der Waals surface area (Å²) in [6.07, 6.45) is 0.573. The van der Waals surface area contributed by atoms with Crippen LogP contribution in [0.3, 0.4) is 0 Å². The summed E-state index contributed by atoms with van der Waals surface area (Å²) < 4.78 is 10.1. The van der Waals surface area contributed by atoms with Gasteiger partial charge in [0.1, 0.15) is 11.8 Å². The summed E-state index contributed by atoms with van der Waals surface area (Å²) in [4.78, 5) is 38.9. The summed E-state index contributed by atoms with van der Waals surface area (Å²) >= 11 is 0. The first-order valence-electron chi connectivity index (χ1n) is 9.01. The zero-order chi connectivity index (χ0) is 19.8. The third-order valence-electron chi connectivity index (χ3n) is 4.46. The molecule has 2 atom stereocenters. The zero-order valence-electron chi connectivity index (χ0n) is 16.0. The molecule has 0 bridgehead atoms. The maximum absolute atomic E-state index is 12.5. The minimum Gasteiger partial charge on any atom is -0.497 e. The number of ether oxygens (including phenoxy) is 2. The fraction of sp³-hybridized carbons (Fsp3) is 0.526. The highest BCUT2D eigenvalue weighted by molar-refractivity contribution is 5.95. The Morgan fingerprint density at radius 3 is 2.70 bits per heavy atom. The number of amides is 3. The summed E-state index contributed by atoms with van der Waals surface area (Å²) in [6.45, 7) is 2.89. The van der Waals surface area contributed by atoms with Gasteiger partial charge in [0, 0.05) is 31.8 Å². The average molecular weight is 377 g/mol. The van der Waals surface area contributed by atoms with Crippen LogP contribution in [0, 0.1) is 0 Å². The number of likely N-dealkylation sites (N-methyl/N-ethyl adjacent to an activating group) is 1. The highest BCUT2D eigenvalue weighted by Crippen LogP contribution is 2.20. The van der Waals surface area contributed by atoms with Gasteiger partial charge in [-0.2, -0.15) is 0 Å². The Morgan fingerprint density at radius 2 is 2.04 bits per heavy atom. The number of likely N-dealkylation sites (tertiary alicyclic amines) is 1. The molecule has 8 nitrogen and oxygen atoms in total. The van der Waals surface area contributed by atoms with Crippen molar-refractivity contribution in [1.29, 1.82) is 0 Å². The van der Waals surface area contributed by atoms with Gasteiger partial charge in [-0.1, -0.05) is 6.07 Å². The molecule has 148 valence electrons. The van der Waals surface area contributed by atoms with Gasteiger partial charge in [0.15, 0.2) is 0 Å². The molecule has 1 aromatic rings. The van der Waals surface area contributed by atoms with Crippen molar-refractivity contribution in [3.05, 3.63) is 29.8 Å². The molecule has 1 heterocycles. The number of methoxy groups -OCH3 is 2. The van der Waals surface area contributed by atoms with Crippen LogP contribution in [0.15, 0.2) is 24.3 Å². The molecule has 0 saturated carbocycles.